The number of rotatable bonds is 6. The van der Waals surface area contributed by atoms with Crippen molar-refractivity contribution in [3.63, 3.8) is 0 Å². The molecule has 30 heavy (non-hydrogen) atoms. The van der Waals surface area contributed by atoms with Gasteiger partial charge in [-0.2, -0.15) is 4.98 Å². The Morgan fingerprint density at radius 1 is 0.967 bits per heavy atom. The van der Waals surface area contributed by atoms with Crippen molar-refractivity contribution in [3.05, 3.63) is 66.1 Å². The van der Waals surface area contributed by atoms with Gasteiger partial charge in [-0.25, -0.2) is 17.8 Å². The summed E-state index contributed by atoms with van der Waals surface area (Å²) in [5, 5.41) is 3.16. The molecule has 0 saturated carbocycles. The zero-order valence-corrected chi connectivity index (χ0v) is 17.3. The average Bonchev–Trinajstić information content (AvgIpc) is 3.24. The van der Waals surface area contributed by atoms with Gasteiger partial charge in [0.2, 0.25) is 5.95 Å². The van der Waals surface area contributed by atoms with Crippen LogP contribution in [0.4, 0.5) is 27.5 Å². The van der Waals surface area contributed by atoms with Gasteiger partial charge in [0.15, 0.2) is 0 Å². The van der Waals surface area contributed by atoms with E-state index in [1.165, 1.54) is 31.0 Å². The maximum Gasteiger partial charge on any atom is 0.261 e. The van der Waals surface area contributed by atoms with Crippen LogP contribution in [0.15, 0.2) is 59.5 Å². The number of hydrogen-bond acceptors (Lipinski definition) is 6. The molecule has 0 atom stereocenters. The molecule has 1 aliphatic heterocycles. The Kier molecular flexibility index (Phi) is 5.54. The molecule has 1 saturated heterocycles. The molecule has 156 valence electrons. The first kappa shape index (κ1) is 20.1. The van der Waals surface area contributed by atoms with Crippen molar-refractivity contribution < 1.29 is 12.8 Å². The Hall–Kier alpha value is -3.20. The van der Waals surface area contributed by atoms with E-state index in [9.17, 15) is 12.8 Å². The summed E-state index contributed by atoms with van der Waals surface area (Å²) in [4.78, 5) is 11.1. The number of benzene rings is 2. The zero-order chi connectivity index (χ0) is 21.1. The quantitative estimate of drug-likeness (QED) is 0.617. The molecule has 0 amide bonds. The summed E-state index contributed by atoms with van der Waals surface area (Å²) in [5.41, 5.74) is 1.96. The minimum absolute atomic E-state index is 0.132. The van der Waals surface area contributed by atoms with Crippen LogP contribution in [-0.4, -0.2) is 31.5 Å². The van der Waals surface area contributed by atoms with E-state index in [-0.39, 0.29) is 4.90 Å². The fraction of sp³-hybridized carbons (Fsp3) is 0.238. The Balaban J connectivity index is 1.48. The molecule has 3 aromatic rings. The number of sulfonamides is 1. The molecule has 4 rings (SSSR count). The second-order valence-electron chi connectivity index (χ2n) is 7.15. The fourth-order valence-electron chi connectivity index (χ4n) is 3.31. The number of halogens is 1. The van der Waals surface area contributed by atoms with Crippen LogP contribution in [0, 0.1) is 12.7 Å². The van der Waals surface area contributed by atoms with Crippen molar-refractivity contribution in [2.75, 3.05) is 28.0 Å². The van der Waals surface area contributed by atoms with E-state index < -0.39 is 15.8 Å². The van der Waals surface area contributed by atoms with Gasteiger partial charge in [-0.1, -0.05) is 6.07 Å². The highest BCUT2D eigenvalue weighted by Crippen LogP contribution is 2.23. The summed E-state index contributed by atoms with van der Waals surface area (Å²) >= 11 is 0. The minimum Gasteiger partial charge on any atom is -0.356 e. The molecule has 1 aliphatic rings. The molecule has 9 heteroatoms. The van der Waals surface area contributed by atoms with Crippen LogP contribution in [-0.2, 0) is 10.0 Å². The number of hydrogen-bond donors (Lipinski definition) is 2. The molecule has 0 spiro atoms. The first-order valence-corrected chi connectivity index (χ1v) is 11.1. The van der Waals surface area contributed by atoms with Crippen molar-refractivity contribution in [3.8, 4) is 0 Å². The van der Waals surface area contributed by atoms with Crippen molar-refractivity contribution in [2.24, 2.45) is 0 Å². The van der Waals surface area contributed by atoms with E-state index >= 15 is 0 Å². The van der Waals surface area contributed by atoms with Crippen molar-refractivity contribution in [1.29, 1.82) is 0 Å². The van der Waals surface area contributed by atoms with Gasteiger partial charge >= 0.3 is 0 Å². The summed E-state index contributed by atoms with van der Waals surface area (Å²) < 4.78 is 40.6. The summed E-state index contributed by atoms with van der Waals surface area (Å²) in [5.74, 6) is 0.788. The van der Waals surface area contributed by atoms with E-state index in [1.807, 2.05) is 13.0 Å². The van der Waals surface area contributed by atoms with E-state index in [0.29, 0.717) is 11.6 Å². The monoisotopic (exact) mass is 427 g/mol. The molecule has 0 radical (unpaired) electrons. The topological polar surface area (TPSA) is 87.2 Å². The van der Waals surface area contributed by atoms with Gasteiger partial charge < -0.3 is 10.2 Å². The molecule has 2 N–H and O–H groups in total. The van der Waals surface area contributed by atoms with Crippen LogP contribution in [0.2, 0.25) is 0 Å². The predicted molar refractivity (Wildman–Crippen MR) is 115 cm³/mol. The normalized spacial score (nSPS) is 14.0. The van der Waals surface area contributed by atoms with Crippen LogP contribution in [0.5, 0.6) is 0 Å². The number of nitrogens with one attached hydrogen (secondary N) is 2. The third kappa shape index (κ3) is 4.68. The van der Waals surface area contributed by atoms with Crippen LogP contribution < -0.4 is 14.9 Å². The summed E-state index contributed by atoms with van der Waals surface area (Å²) in [6, 6.07) is 13.5. The predicted octanol–water partition coefficient (Wildman–Crippen LogP) is 4.07. The summed E-state index contributed by atoms with van der Waals surface area (Å²) in [7, 11) is -3.87. The lowest BCUT2D eigenvalue weighted by Gasteiger charge is -2.17. The van der Waals surface area contributed by atoms with Gasteiger partial charge in [-0.05, 0) is 62.2 Å². The lowest BCUT2D eigenvalue weighted by atomic mass is 10.3. The van der Waals surface area contributed by atoms with Gasteiger partial charge in [0.05, 0.1) is 4.90 Å². The van der Waals surface area contributed by atoms with Gasteiger partial charge in [0.25, 0.3) is 10.0 Å². The highest BCUT2D eigenvalue weighted by molar-refractivity contribution is 7.92. The van der Waals surface area contributed by atoms with Gasteiger partial charge in [-0.3, -0.25) is 4.72 Å². The van der Waals surface area contributed by atoms with Gasteiger partial charge in [-0.15, -0.1) is 0 Å². The molecule has 0 aliphatic carbocycles. The van der Waals surface area contributed by atoms with Crippen molar-refractivity contribution in [1.82, 2.24) is 9.97 Å². The second kappa shape index (κ2) is 8.27. The lowest BCUT2D eigenvalue weighted by molar-refractivity contribution is 0.595. The van der Waals surface area contributed by atoms with Crippen molar-refractivity contribution >= 4 is 33.2 Å². The molecule has 1 aromatic heterocycles. The van der Waals surface area contributed by atoms with E-state index in [0.717, 1.165) is 36.4 Å². The van der Waals surface area contributed by atoms with Crippen LogP contribution in [0.3, 0.4) is 0 Å². The van der Waals surface area contributed by atoms with Crippen LogP contribution >= 0.6 is 0 Å². The molecule has 0 bridgehead atoms. The number of aromatic nitrogens is 2. The number of aryl methyl sites for hydroxylation is 1. The van der Waals surface area contributed by atoms with Crippen molar-refractivity contribution in [2.45, 2.75) is 24.7 Å². The Morgan fingerprint density at radius 3 is 2.37 bits per heavy atom. The highest BCUT2D eigenvalue weighted by Gasteiger charge is 2.16. The summed E-state index contributed by atoms with van der Waals surface area (Å²) in [6.07, 6.45) is 2.33. The number of anilines is 4. The van der Waals surface area contributed by atoms with Gasteiger partial charge in [0, 0.05) is 36.2 Å². The van der Waals surface area contributed by atoms with E-state index in [2.05, 4.69) is 24.9 Å². The molecular weight excluding hydrogens is 405 g/mol. The maximum absolute atomic E-state index is 13.3. The van der Waals surface area contributed by atoms with Gasteiger partial charge in [0.1, 0.15) is 11.6 Å². The largest absolute Gasteiger partial charge is 0.356 e. The molecule has 2 aromatic carbocycles. The zero-order valence-electron chi connectivity index (χ0n) is 16.5. The van der Waals surface area contributed by atoms with E-state index in [4.69, 9.17) is 0 Å². The molecule has 2 heterocycles. The number of nitrogens with zero attached hydrogens (tertiary/aromatic N) is 3. The second-order valence-corrected chi connectivity index (χ2v) is 8.83. The first-order chi connectivity index (χ1) is 14.4. The standard InChI is InChI=1S/C21H22FN5O2S/c1-15-13-20(27-11-2-3-12-27)25-21(23-15)24-17-7-9-18(10-8-17)26-30(28,29)19-6-4-5-16(22)14-19/h4-10,13-14,26H,2-3,11-12H2,1H3,(H,23,24,25). The Labute approximate surface area is 175 Å². The highest BCUT2D eigenvalue weighted by atomic mass is 32.2. The fourth-order valence-corrected chi connectivity index (χ4v) is 4.40. The van der Waals surface area contributed by atoms with E-state index in [1.54, 1.807) is 24.3 Å². The summed E-state index contributed by atoms with van der Waals surface area (Å²) in [6.45, 7) is 3.92. The average molecular weight is 428 g/mol. The Bertz CT molecular complexity index is 1150. The maximum atomic E-state index is 13.3. The molecule has 1 fully saturated rings. The SMILES string of the molecule is Cc1cc(N2CCCC2)nc(Nc2ccc(NS(=O)(=O)c3cccc(F)c3)cc2)n1. The van der Waals surface area contributed by atoms with Crippen LogP contribution in [0.1, 0.15) is 18.5 Å². The third-order valence-electron chi connectivity index (χ3n) is 4.77. The molecule has 7 nitrogen and oxygen atoms in total. The smallest absolute Gasteiger partial charge is 0.261 e. The molecule has 0 unspecified atom stereocenters. The third-order valence-corrected chi connectivity index (χ3v) is 6.15. The van der Waals surface area contributed by atoms with Crippen LogP contribution in [0.25, 0.3) is 0 Å². The minimum atomic E-state index is -3.87. The lowest BCUT2D eigenvalue weighted by Crippen LogP contribution is -2.19. The molecular formula is C21H22FN5O2S. The Morgan fingerprint density at radius 2 is 1.67 bits per heavy atom. The first-order valence-electron chi connectivity index (χ1n) is 9.65.